The molecule has 2 aromatic carbocycles. The topological polar surface area (TPSA) is 85.1 Å². The van der Waals surface area contributed by atoms with Gasteiger partial charge in [0.1, 0.15) is 0 Å². The lowest BCUT2D eigenvalue weighted by molar-refractivity contribution is -0.384. The van der Waals surface area contributed by atoms with Crippen LogP contribution in [0.2, 0.25) is 5.02 Å². The second kappa shape index (κ2) is 8.07. The summed E-state index contributed by atoms with van der Waals surface area (Å²) in [6, 6.07) is 13.6. The molecule has 1 heterocycles. The number of hydrogen-bond acceptors (Lipinski definition) is 5. The molecule has 0 radical (unpaired) electrons. The minimum absolute atomic E-state index is 0.00241. The summed E-state index contributed by atoms with van der Waals surface area (Å²) in [5.41, 5.74) is 2.21. The van der Waals surface area contributed by atoms with Gasteiger partial charge in [-0.15, -0.1) is 11.3 Å². The molecule has 6 nitrogen and oxygen atoms in total. The van der Waals surface area contributed by atoms with Gasteiger partial charge in [-0.05, 0) is 24.1 Å². The number of aromatic nitrogens is 1. The molecule has 132 valence electrons. The van der Waals surface area contributed by atoms with Gasteiger partial charge in [-0.3, -0.25) is 14.9 Å². The van der Waals surface area contributed by atoms with Crippen molar-refractivity contribution >= 4 is 39.7 Å². The number of aryl methyl sites for hydroxylation is 1. The van der Waals surface area contributed by atoms with E-state index in [-0.39, 0.29) is 11.6 Å². The van der Waals surface area contributed by atoms with Gasteiger partial charge < -0.3 is 5.32 Å². The van der Waals surface area contributed by atoms with Gasteiger partial charge in [-0.2, -0.15) is 0 Å². The first-order valence-electron chi connectivity index (χ1n) is 7.76. The van der Waals surface area contributed by atoms with Crippen molar-refractivity contribution in [2.75, 3.05) is 5.32 Å². The Balaban J connectivity index is 1.62. The number of rotatable bonds is 6. The van der Waals surface area contributed by atoms with E-state index < -0.39 is 4.92 Å². The minimum Gasteiger partial charge on any atom is -0.302 e. The number of nitro benzene ring substituents is 1. The number of anilines is 1. The first-order chi connectivity index (χ1) is 12.5. The van der Waals surface area contributed by atoms with Crippen LogP contribution in [0.1, 0.15) is 12.0 Å². The lowest BCUT2D eigenvalue weighted by atomic mass is 10.1. The third-order valence-corrected chi connectivity index (χ3v) is 4.63. The molecular formula is C18H14ClN3O3S. The average Bonchev–Trinajstić information content (AvgIpc) is 3.08. The van der Waals surface area contributed by atoms with Gasteiger partial charge in [0.25, 0.3) is 5.69 Å². The zero-order valence-electron chi connectivity index (χ0n) is 13.5. The highest BCUT2D eigenvalue weighted by Crippen LogP contribution is 2.27. The molecule has 8 heteroatoms. The first-order valence-corrected chi connectivity index (χ1v) is 9.02. The second-order valence-electron chi connectivity index (χ2n) is 5.52. The molecular weight excluding hydrogens is 374 g/mol. The quantitative estimate of drug-likeness (QED) is 0.479. The molecule has 0 fully saturated rings. The Hall–Kier alpha value is -2.77. The number of hydrogen-bond donors (Lipinski definition) is 1. The van der Waals surface area contributed by atoms with Crippen molar-refractivity contribution in [1.82, 2.24) is 4.98 Å². The standard InChI is InChI=1S/C18H14ClN3O3S/c19-14-5-1-3-12(9-14)7-8-17(23)21-18-20-16(11-26-18)13-4-2-6-15(10-13)22(24)25/h1-6,9-11H,7-8H2,(H,20,21,23). The minimum atomic E-state index is -0.450. The van der Waals surface area contributed by atoms with Crippen LogP contribution < -0.4 is 5.32 Å². The van der Waals surface area contributed by atoms with E-state index >= 15 is 0 Å². The highest BCUT2D eigenvalue weighted by atomic mass is 35.5. The maximum absolute atomic E-state index is 12.1. The first kappa shape index (κ1) is 18.0. The molecule has 3 rings (SSSR count). The Kier molecular flexibility index (Phi) is 5.60. The third kappa shape index (κ3) is 4.65. The molecule has 26 heavy (non-hydrogen) atoms. The van der Waals surface area contributed by atoms with E-state index in [0.29, 0.717) is 34.3 Å². The maximum Gasteiger partial charge on any atom is 0.270 e. The molecule has 1 aromatic heterocycles. The lowest BCUT2D eigenvalue weighted by Gasteiger charge is -2.03. The fraction of sp³-hybridized carbons (Fsp3) is 0.111. The van der Waals surface area contributed by atoms with Gasteiger partial charge in [-0.25, -0.2) is 4.98 Å². The van der Waals surface area contributed by atoms with Crippen LogP contribution in [0.25, 0.3) is 11.3 Å². The molecule has 0 saturated carbocycles. The van der Waals surface area contributed by atoms with E-state index in [1.807, 2.05) is 18.2 Å². The number of nitrogens with one attached hydrogen (secondary N) is 1. The summed E-state index contributed by atoms with van der Waals surface area (Å²) in [5.74, 6) is -0.148. The van der Waals surface area contributed by atoms with Crippen molar-refractivity contribution in [1.29, 1.82) is 0 Å². The molecule has 0 atom stereocenters. The summed E-state index contributed by atoms with van der Waals surface area (Å²) in [5, 5.41) is 16.5. The predicted octanol–water partition coefficient (Wildman–Crippen LogP) is 4.94. The summed E-state index contributed by atoms with van der Waals surface area (Å²) in [4.78, 5) is 26.8. The number of nitrogens with zero attached hydrogens (tertiary/aromatic N) is 2. The number of non-ortho nitro benzene ring substituents is 1. The van der Waals surface area contributed by atoms with Crippen LogP contribution in [0.3, 0.4) is 0 Å². The van der Waals surface area contributed by atoms with E-state index in [2.05, 4.69) is 10.3 Å². The van der Waals surface area contributed by atoms with E-state index in [4.69, 9.17) is 11.6 Å². The van der Waals surface area contributed by atoms with Gasteiger partial charge in [-0.1, -0.05) is 35.9 Å². The fourth-order valence-corrected chi connectivity index (χ4v) is 3.32. The largest absolute Gasteiger partial charge is 0.302 e. The third-order valence-electron chi connectivity index (χ3n) is 3.63. The molecule has 1 amide bonds. The van der Waals surface area contributed by atoms with Crippen molar-refractivity contribution in [3.63, 3.8) is 0 Å². The molecule has 0 aliphatic heterocycles. The fourth-order valence-electron chi connectivity index (χ4n) is 2.37. The number of carbonyl (C=O) groups is 1. The smallest absolute Gasteiger partial charge is 0.270 e. The molecule has 0 aliphatic carbocycles. The summed E-state index contributed by atoms with van der Waals surface area (Å²) >= 11 is 7.21. The Morgan fingerprint density at radius 3 is 2.81 bits per heavy atom. The Morgan fingerprint density at radius 1 is 1.23 bits per heavy atom. The average molecular weight is 388 g/mol. The molecule has 0 aliphatic rings. The number of carbonyl (C=O) groups excluding carboxylic acids is 1. The number of benzene rings is 2. The van der Waals surface area contributed by atoms with Gasteiger partial charge >= 0.3 is 0 Å². The van der Waals surface area contributed by atoms with E-state index in [0.717, 1.165) is 5.56 Å². The second-order valence-corrected chi connectivity index (χ2v) is 6.82. The summed E-state index contributed by atoms with van der Waals surface area (Å²) < 4.78 is 0. The molecule has 3 aromatic rings. The number of halogens is 1. The van der Waals surface area contributed by atoms with Crippen LogP contribution in [0.5, 0.6) is 0 Å². The molecule has 0 saturated heterocycles. The van der Waals surface area contributed by atoms with E-state index in [9.17, 15) is 14.9 Å². The van der Waals surface area contributed by atoms with Gasteiger partial charge in [0.2, 0.25) is 5.91 Å². The highest BCUT2D eigenvalue weighted by Gasteiger charge is 2.11. The molecule has 1 N–H and O–H groups in total. The number of nitro groups is 1. The van der Waals surface area contributed by atoms with Gasteiger partial charge in [0.15, 0.2) is 5.13 Å². The Bertz CT molecular complexity index is 958. The van der Waals surface area contributed by atoms with Crippen LogP contribution in [-0.2, 0) is 11.2 Å². The Morgan fingerprint density at radius 2 is 2.04 bits per heavy atom. The van der Waals surface area contributed by atoms with Crippen LogP contribution in [0.4, 0.5) is 10.8 Å². The summed E-state index contributed by atoms with van der Waals surface area (Å²) in [6.45, 7) is 0. The maximum atomic E-state index is 12.1. The van der Waals surface area contributed by atoms with Gasteiger partial charge in [0, 0.05) is 34.5 Å². The normalized spacial score (nSPS) is 10.5. The molecule has 0 bridgehead atoms. The van der Waals surface area contributed by atoms with Gasteiger partial charge in [0.05, 0.1) is 10.6 Å². The molecule has 0 unspecified atom stereocenters. The van der Waals surface area contributed by atoms with Crippen LogP contribution in [-0.4, -0.2) is 15.8 Å². The SMILES string of the molecule is O=C(CCc1cccc(Cl)c1)Nc1nc(-c2cccc([N+](=O)[O-])c2)cs1. The van der Waals surface area contributed by atoms with Crippen molar-refractivity contribution in [3.05, 3.63) is 74.6 Å². The van der Waals surface area contributed by atoms with Crippen LogP contribution in [0, 0.1) is 10.1 Å². The Labute approximate surface area is 158 Å². The van der Waals surface area contributed by atoms with Crippen molar-refractivity contribution in [2.24, 2.45) is 0 Å². The number of amides is 1. The van der Waals surface area contributed by atoms with Crippen LogP contribution in [0.15, 0.2) is 53.9 Å². The van der Waals surface area contributed by atoms with E-state index in [1.54, 1.807) is 23.6 Å². The van der Waals surface area contributed by atoms with Crippen LogP contribution >= 0.6 is 22.9 Å². The predicted molar refractivity (Wildman–Crippen MR) is 103 cm³/mol. The monoisotopic (exact) mass is 387 g/mol. The van der Waals surface area contributed by atoms with E-state index in [1.165, 1.54) is 23.5 Å². The van der Waals surface area contributed by atoms with Crippen molar-refractivity contribution < 1.29 is 9.72 Å². The highest BCUT2D eigenvalue weighted by molar-refractivity contribution is 7.14. The number of thiazole rings is 1. The van der Waals surface area contributed by atoms with Crippen molar-refractivity contribution in [3.8, 4) is 11.3 Å². The molecule has 0 spiro atoms. The zero-order chi connectivity index (χ0) is 18.5. The zero-order valence-corrected chi connectivity index (χ0v) is 15.1. The summed E-state index contributed by atoms with van der Waals surface area (Å²) in [7, 11) is 0. The summed E-state index contributed by atoms with van der Waals surface area (Å²) in [6.07, 6.45) is 0.890. The lowest BCUT2D eigenvalue weighted by Crippen LogP contribution is -2.12. The van der Waals surface area contributed by atoms with Crippen molar-refractivity contribution in [2.45, 2.75) is 12.8 Å².